The Hall–Kier alpha value is -0.890. The molecule has 132 valence electrons. The van der Waals surface area contributed by atoms with E-state index in [1.165, 1.54) is 20.0 Å². The van der Waals surface area contributed by atoms with E-state index >= 15 is 0 Å². The van der Waals surface area contributed by atoms with Crippen molar-refractivity contribution in [3.8, 4) is 0 Å². The molecule has 7 heteroatoms. The zero-order valence-corrected chi connectivity index (χ0v) is 16.8. The van der Waals surface area contributed by atoms with Crippen LogP contribution in [0, 0.1) is 0 Å². The minimum atomic E-state index is -0.0915. The third kappa shape index (κ3) is 3.85. The Bertz CT molecular complexity index is 727. The van der Waals surface area contributed by atoms with Crippen LogP contribution in [0.25, 0.3) is 10.2 Å². The molecule has 3 rings (SSSR count). The number of ether oxygens (including phenoxy) is 1. The number of nitrogens with zero attached hydrogens (tertiary/aromatic N) is 2. The second kappa shape index (κ2) is 7.15. The van der Waals surface area contributed by atoms with Crippen molar-refractivity contribution in [1.29, 1.82) is 0 Å². The maximum atomic E-state index is 6.01. The number of aromatic nitrogens is 2. The van der Waals surface area contributed by atoms with Crippen molar-refractivity contribution in [2.45, 2.75) is 44.1 Å². The molecule has 0 fully saturated rings. The van der Waals surface area contributed by atoms with Crippen LogP contribution in [-0.2, 0) is 17.8 Å². The van der Waals surface area contributed by atoms with Crippen LogP contribution < -0.4 is 10.2 Å². The Morgan fingerprint density at radius 1 is 1.33 bits per heavy atom. The normalized spacial score (nSPS) is 16.6. The fraction of sp³-hybridized carbons (Fsp3) is 0.647. The van der Waals surface area contributed by atoms with E-state index < -0.39 is 0 Å². The average Bonchev–Trinajstić information content (AvgIpc) is 2.87. The standard InChI is InChI=1S/C17H26N4OS2/c1-17(2)9-12-11(10-22-17)13-14(24-12)15(20-16(19-13)23-5)18-7-6-8-21(3)4/h6-10H2,1-5H3,(H,18,19,20)/p+1. The van der Waals surface area contributed by atoms with E-state index in [0.717, 1.165) is 42.4 Å². The van der Waals surface area contributed by atoms with E-state index in [-0.39, 0.29) is 5.60 Å². The molecule has 0 saturated heterocycles. The minimum Gasteiger partial charge on any atom is -0.370 e. The van der Waals surface area contributed by atoms with Gasteiger partial charge in [0.25, 0.3) is 0 Å². The molecule has 2 N–H and O–H groups in total. The summed E-state index contributed by atoms with van der Waals surface area (Å²) in [7, 11) is 4.37. The summed E-state index contributed by atoms with van der Waals surface area (Å²) in [6, 6.07) is 0. The summed E-state index contributed by atoms with van der Waals surface area (Å²) in [5.41, 5.74) is 2.24. The molecule has 0 spiro atoms. The van der Waals surface area contributed by atoms with Gasteiger partial charge in [-0.1, -0.05) is 11.8 Å². The molecular formula is C17H27N4OS2+. The van der Waals surface area contributed by atoms with E-state index in [4.69, 9.17) is 14.7 Å². The van der Waals surface area contributed by atoms with E-state index in [1.54, 1.807) is 11.8 Å². The first-order valence-electron chi connectivity index (χ1n) is 8.43. The highest BCUT2D eigenvalue weighted by molar-refractivity contribution is 7.98. The van der Waals surface area contributed by atoms with Crippen molar-refractivity contribution in [2.24, 2.45) is 0 Å². The lowest BCUT2D eigenvalue weighted by molar-refractivity contribution is -0.858. The van der Waals surface area contributed by atoms with Crippen molar-refractivity contribution in [1.82, 2.24) is 9.97 Å². The SMILES string of the molecule is CSc1nc(NCCC[NH+](C)C)c2sc3c(c2n1)COC(C)(C)C3. The van der Waals surface area contributed by atoms with Crippen LogP contribution in [0.3, 0.4) is 0 Å². The van der Waals surface area contributed by atoms with Crippen molar-refractivity contribution < 1.29 is 9.64 Å². The molecule has 0 bridgehead atoms. The largest absolute Gasteiger partial charge is 0.370 e. The molecule has 3 heterocycles. The minimum absolute atomic E-state index is 0.0915. The second-order valence-corrected chi connectivity index (χ2v) is 9.08. The summed E-state index contributed by atoms with van der Waals surface area (Å²) in [5, 5.41) is 4.37. The molecule has 24 heavy (non-hydrogen) atoms. The summed E-state index contributed by atoms with van der Waals surface area (Å²) in [4.78, 5) is 12.4. The van der Waals surface area contributed by atoms with Gasteiger partial charge in [-0.05, 0) is 20.1 Å². The molecule has 5 nitrogen and oxygen atoms in total. The van der Waals surface area contributed by atoms with Crippen LogP contribution in [0.5, 0.6) is 0 Å². The number of hydrogen-bond acceptors (Lipinski definition) is 6. The van der Waals surface area contributed by atoms with Crippen LogP contribution >= 0.6 is 23.1 Å². The number of anilines is 1. The summed E-state index contributed by atoms with van der Waals surface area (Å²) in [6.45, 7) is 7.05. The molecule has 0 saturated carbocycles. The van der Waals surface area contributed by atoms with Crippen molar-refractivity contribution >= 4 is 39.1 Å². The zero-order chi connectivity index (χ0) is 17.3. The first kappa shape index (κ1) is 17.9. The Morgan fingerprint density at radius 3 is 2.83 bits per heavy atom. The first-order valence-corrected chi connectivity index (χ1v) is 10.5. The summed E-state index contributed by atoms with van der Waals surface area (Å²) in [6.07, 6.45) is 4.10. The summed E-state index contributed by atoms with van der Waals surface area (Å²) >= 11 is 3.42. The van der Waals surface area contributed by atoms with E-state index in [0.29, 0.717) is 6.61 Å². The Labute approximate surface area is 152 Å². The number of quaternary nitrogens is 1. The molecule has 0 aliphatic carbocycles. The smallest absolute Gasteiger partial charge is 0.189 e. The van der Waals surface area contributed by atoms with Gasteiger partial charge in [-0.25, -0.2) is 9.97 Å². The van der Waals surface area contributed by atoms with Gasteiger partial charge in [0.1, 0.15) is 5.82 Å². The third-order valence-electron chi connectivity index (χ3n) is 4.21. The zero-order valence-electron chi connectivity index (χ0n) is 15.2. The maximum Gasteiger partial charge on any atom is 0.189 e. The Kier molecular flexibility index (Phi) is 5.34. The second-order valence-electron chi connectivity index (χ2n) is 7.20. The fourth-order valence-electron chi connectivity index (χ4n) is 2.90. The lowest BCUT2D eigenvalue weighted by atomic mass is 9.98. The number of thioether (sulfide) groups is 1. The third-order valence-corrected chi connectivity index (χ3v) is 5.99. The van der Waals surface area contributed by atoms with Crippen LogP contribution in [-0.4, -0.2) is 49.0 Å². The van der Waals surface area contributed by atoms with Crippen LogP contribution in [0.2, 0.25) is 0 Å². The van der Waals surface area contributed by atoms with Gasteiger partial charge in [0.05, 0.1) is 43.1 Å². The van der Waals surface area contributed by atoms with Gasteiger partial charge in [-0.15, -0.1) is 11.3 Å². The van der Waals surface area contributed by atoms with Crippen LogP contribution in [0.1, 0.15) is 30.7 Å². The van der Waals surface area contributed by atoms with Crippen molar-refractivity contribution in [3.63, 3.8) is 0 Å². The van der Waals surface area contributed by atoms with Gasteiger partial charge in [-0.2, -0.15) is 0 Å². The molecule has 0 amide bonds. The topological polar surface area (TPSA) is 51.5 Å². The van der Waals surface area contributed by atoms with E-state index in [1.807, 2.05) is 17.6 Å². The van der Waals surface area contributed by atoms with Crippen molar-refractivity contribution in [3.05, 3.63) is 10.4 Å². The van der Waals surface area contributed by atoms with Crippen LogP contribution in [0.15, 0.2) is 5.16 Å². The molecule has 1 aliphatic heterocycles. The van der Waals surface area contributed by atoms with Gasteiger partial charge in [0, 0.05) is 29.8 Å². The molecule has 2 aromatic rings. The quantitative estimate of drug-likeness (QED) is 0.466. The van der Waals surface area contributed by atoms with Gasteiger partial charge < -0.3 is 15.0 Å². The maximum absolute atomic E-state index is 6.01. The number of thiophene rings is 1. The average molecular weight is 368 g/mol. The van der Waals surface area contributed by atoms with Gasteiger partial charge >= 0.3 is 0 Å². The first-order chi connectivity index (χ1) is 11.4. The monoisotopic (exact) mass is 367 g/mol. The molecule has 1 aliphatic rings. The highest BCUT2D eigenvalue weighted by Gasteiger charge is 2.30. The number of fused-ring (bicyclic) bond motifs is 3. The predicted molar refractivity (Wildman–Crippen MR) is 103 cm³/mol. The van der Waals surface area contributed by atoms with Crippen LogP contribution in [0.4, 0.5) is 5.82 Å². The predicted octanol–water partition coefficient (Wildman–Crippen LogP) is 2.21. The summed E-state index contributed by atoms with van der Waals surface area (Å²) < 4.78 is 7.19. The van der Waals surface area contributed by atoms with Gasteiger partial charge in [0.15, 0.2) is 5.16 Å². The number of hydrogen-bond donors (Lipinski definition) is 2. The molecule has 0 radical (unpaired) electrons. The summed E-state index contributed by atoms with van der Waals surface area (Å²) in [5.74, 6) is 0.982. The molecule has 0 aromatic carbocycles. The lowest BCUT2D eigenvalue weighted by Gasteiger charge is -2.29. The fourth-order valence-corrected chi connectivity index (χ4v) is 4.69. The Morgan fingerprint density at radius 2 is 2.12 bits per heavy atom. The number of rotatable bonds is 6. The van der Waals surface area contributed by atoms with E-state index in [9.17, 15) is 0 Å². The molecular weight excluding hydrogens is 340 g/mol. The highest BCUT2D eigenvalue weighted by atomic mass is 32.2. The van der Waals surface area contributed by atoms with E-state index in [2.05, 4.69) is 33.3 Å². The molecule has 0 unspecified atom stereocenters. The lowest BCUT2D eigenvalue weighted by Crippen LogP contribution is -3.05. The van der Waals surface area contributed by atoms with Crippen molar-refractivity contribution in [2.75, 3.05) is 38.8 Å². The molecule has 2 aromatic heterocycles. The molecule has 0 atom stereocenters. The Balaban J connectivity index is 1.92. The highest BCUT2D eigenvalue weighted by Crippen LogP contribution is 2.41. The number of nitrogens with one attached hydrogen (secondary N) is 2. The van der Waals surface area contributed by atoms with Gasteiger partial charge in [-0.3, -0.25) is 0 Å². The van der Waals surface area contributed by atoms with Gasteiger partial charge in [0.2, 0.25) is 0 Å².